The number of nitrogens with one attached hydrogen (secondary N) is 1. The summed E-state index contributed by atoms with van der Waals surface area (Å²) >= 11 is 1.44. The van der Waals surface area contributed by atoms with E-state index in [1.54, 1.807) is 12.0 Å². The highest BCUT2D eigenvalue weighted by Crippen LogP contribution is 2.20. The molecule has 1 aliphatic rings. The molecule has 20 heavy (non-hydrogen) atoms. The summed E-state index contributed by atoms with van der Waals surface area (Å²) in [6.07, 6.45) is 1.71. The van der Waals surface area contributed by atoms with Crippen molar-refractivity contribution < 1.29 is 14.3 Å². The Morgan fingerprint density at radius 1 is 1.55 bits per heavy atom. The molecule has 1 atom stereocenters. The molecule has 5 nitrogen and oxygen atoms in total. The lowest BCUT2D eigenvalue weighted by Crippen LogP contribution is -2.45. The van der Waals surface area contributed by atoms with Crippen molar-refractivity contribution in [1.29, 1.82) is 0 Å². The average Bonchev–Trinajstić information content (AvgIpc) is 3.01. The van der Waals surface area contributed by atoms with E-state index >= 15 is 0 Å². The number of amides is 2. The molecule has 0 radical (unpaired) electrons. The van der Waals surface area contributed by atoms with Crippen LogP contribution in [0.4, 0.5) is 0 Å². The Labute approximate surface area is 122 Å². The van der Waals surface area contributed by atoms with Crippen LogP contribution < -0.4 is 5.32 Å². The van der Waals surface area contributed by atoms with Gasteiger partial charge in [0.25, 0.3) is 5.91 Å². The SMILES string of the molecule is COCCNC(=O)[C@@H]1CCCN(C(=O)c2cccs2)C1. The van der Waals surface area contributed by atoms with E-state index in [-0.39, 0.29) is 17.7 Å². The van der Waals surface area contributed by atoms with Crippen LogP contribution in [0.5, 0.6) is 0 Å². The van der Waals surface area contributed by atoms with E-state index in [2.05, 4.69) is 5.32 Å². The number of thiophene rings is 1. The minimum absolute atomic E-state index is 0.0192. The second-order valence-corrected chi connectivity index (χ2v) is 5.80. The summed E-state index contributed by atoms with van der Waals surface area (Å²) < 4.78 is 4.91. The maximum atomic E-state index is 12.3. The Bertz CT molecular complexity index is 447. The first-order valence-corrected chi connectivity index (χ1v) is 7.69. The van der Waals surface area contributed by atoms with Crippen LogP contribution in [0.25, 0.3) is 0 Å². The second kappa shape index (κ2) is 7.40. The Morgan fingerprint density at radius 2 is 2.40 bits per heavy atom. The predicted octanol–water partition coefficient (Wildman–Crippen LogP) is 1.36. The Kier molecular flexibility index (Phi) is 5.55. The molecule has 0 unspecified atom stereocenters. The maximum Gasteiger partial charge on any atom is 0.263 e. The summed E-state index contributed by atoms with van der Waals surface area (Å²) in [7, 11) is 1.61. The lowest BCUT2D eigenvalue weighted by Gasteiger charge is -2.31. The van der Waals surface area contributed by atoms with Crippen molar-refractivity contribution in [2.75, 3.05) is 33.4 Å². The largest absolute Gasteiger partial charge is 0.383 e. The molecule has 110 valence electrons. The number of nitrogens with zero attached hydrogens (tertiary/aromatic N) is 1. The molecule has 2 heterocycles. The van der Waals surface area contributed by atoms with Gasteiger partial charge in [-0.25, -0.2) is 0 Å². The maximum absolute atomic E-state index is 12.3. The molecule has 0 bridgehead atoms. The van der Waals surface area contributed by atoms with E-state index in [4.69, 9.17) is 4.74 Å². The average molecular weight is 296 g/mol. The molecule has 2 rings (SSSR count). The van der Waals surface area contributed by atoms with Crippen LogP contribution in [-0.4, -0.2) is 50.1 Å². The summed E-state index contributed by atoms with van der Waals surface area (Å²) in [5.74, 6) is -0.0513. The molecule has 2 amide bonds. The molecule has 1 N–H and O–H groups in total. The molecule has 0 aromatic carbocycles. The molecule has 0 aliphatic carbocycles. The van der Waals surface area contributed by atoms with Gasteiger partial charge in [0.05, 0.1) is 17.4 Å². The standard InChI is InChI=1S/C14H20N2O3S/c1-19-8-6-15-13(17)11-4-2-7-16(10-11)14(18)12-5-3-9-20-12/h3,5,9,11H,2,4,6-8,10H2,1H3,(H,15,17)/t11-/m1/s1. The Morgan fingerprint density at radius 3 is 3.10 bits per heavy atom. The van der Waals surface area contributed by atoms with E-state index in [1.807, 2.05) is 17.5 Å². The van der Waals surface area contributed by atoms with Gasteiger partial charge in [-0.3, -0.25) is 9.59 Å². The Hall–Kier alpha value is -1.40. The van der Waals surface area contributed by atoms with Crippen molar-refractivity contribution in [3.05, 3.63) is 22.4 Å². The van der Waals surface area contributed by atoms with E-state index in [1.165, 1.54) is 11.3 Å². The topological polar surface area (TPSA) is 58.6 Å². The van der Waals surface area contributed by atoms with Gasteiger partial charge in [0, 0.05) is 26.7 Å². The van der Waals surface area contributed by atoms with E-state index in [9.17, 15) is 9.59 Å². The van der Waals surface area contributed by atoms with Gasteiger partial charge in [0.2, 0.25) is 5.91 Å². The zero-order chi connectivity index (χ0) is 14.4. The number of likely N-dealkylation sites (tertiary alicyclic amines) is 1. The number of hydrogen-bond acceptors (Lipinski definition) is 4. The van der Waals surface area contributed by atoms with Gasteiger partial charge in [-0.1, -0.05) is 6.07 Å². The van der Waals surface area contributed by atoms with E-state index < -0.39 is 0 Å². The molecule has 0 saturated carbocycles. The van der Waals surface area contributed by atoms with Gasteiger partial charge in [0.15, 0.2) is 0 Å². The van der Waals surface area contributed by atoms with Gasteiger partial charge in [0.1, 0.15) is 0 Å². The van der Waals surface area contributed by atoms with Crippen molar-refractivity contribution in [2.24, 2.45) is 5.92 Å². The summed E-state index contributed by atoms with van der Waals surface area (Å²) in [6.45, 7) is 2.27. The molecule has 0 spiro atoms. The summed E-state index contributed by atoms with van der Waals surface area (Å²) in [4.78, 5) is 26.8. The minimum Gasteiger partial charge on any atom is -0.383 e. The third-order valence-electron chi connectivity index (χ3n) is 3.42. The Balaban J connectivity index is 1.88. The molecule has 1 fully saturated rings. The minimum atomic E-state index is -0.107. The first-order chi connectivity index (χ1) is 9.72. The summed E-state index contributed by atoms with van der Waals surface area (Å²) in [5.41, 5.74) is 0. The summed E-state index contributed by atoms with van der Waals surface area (Å²) in [5, 5.41) is 4.74. The van der Waals surface area contributed by atoms with Crippen molar-refractivity contribution in [3.8, 4) is 0 Å². The number of ether oxygens (including phenoxy) is 1. The molecule has 6 heteroatoms. The monoisotopic (exact) mass is 296 g/mol. The highest BCUT2D eigenvalue weighted by Gasteiger charge is 2.28. The quantitative estimate of drug-likeness (QED) is 0.835. The van der Waals surface area contributed by atoms with Crippen LogP contribution in [0.1, 0.15) is 22.5 Å². The molecule has 1 aliphatic heterocycles. The van der Waals surface area contributed by atoms with E-state index in [0.29, 0.717) is 19.7 Å². The second-order valence-electron chi connectivity index (χ2n) is 4.85. The van der Waals surface area contributed by atoms with E-state index in [0.717, 1.165) is 24.3 Å². The number of carbonyl (C=O) groups excluding carboxylic acids is 2. The lowest BCUT2D eigenvalue weighted by atomic mass is 9.97. The van der Waals surface area contributed by atoms with Crippen LogP contribution in [0.3, 0.4) is 0 Å². The summed E-state index contributed by atoms with van der Waals surface area (Å²) in [6, 6.07) is 3.70. The number of hydrogen-bond donors (Lipinski definition) is 1. The van der Waals surface area contributed by atoms with Gasteiger partial charge >= 0.3 is 0 Å². The van der Waals surface area contributed by atoms with Crippen LogP contribution in [-0.2, 0) is 9.53 Å². The van der Waals surface area contributed by atoms with Crippen molar-refractivity contribution in [1.82, 2.24) is 10.2 Å². The molecule has 1 saturated heterocycles. The fourth-order valence-corrected chi connectivity index (χ4v) is 3.04. The third kappa shape index (κ3) is 3.80. The molecule has 1 aromatic rings. The van der Waals surface area contributed by atoms with Gasteiger partial charge in [-0.2, -0.15) is 0 Å². The first kappa shape index (κ1) is 15.0. The zero-order valence-corrected chi connectivity index (χ0v) is 12.4. The van der Waals surface area contributed by atoms with Crippen LogP contribution in [0, 0.1) is 5.92 Å². The number of rotatable bonds is 5. The highest BCUT2D eigenvalue weighted by atomic mass is 32.1. The van der Waals surface area contributed by atoms with Gasteiger partial charge in [-0.05, 0) is 24.3 Å². The van der Waals surface area contributed by atoms with Crippen molar-refractivity contribution in [3.63, 3.8) is 0 Å². The first-order valence-electron chi connectivity index (χ1n) is 6.82. The number of carbonyl (C=O) groups is 2. The predicted molar refractivity (Wildman–Crippen MR) is 77.8 cm³/mol. The fourth-order valence-electron chi connectivity index (χ4n) is 2.35. The van der Waals surface area contributed by atoms with Crippen LogP contribution in [0.2, 0.25) is 0 Å². The molecular weight excluding hydrogens is 276 g/mol. The van der Waals surface area contributed by atoms with Crippen molar-refractivity contribution in [2.45, 2.75) is 12.8 Å². The normalized spacial score (nSPS) is 18.9. The third-order valence-corrected chi connectivity index (χ3v) is 4.27. The highest BCUT2D eigenvalue weighted by molar-refractivity contribution is 7.12. The lowest BCUT2D eigenvalue weighted by molar-refractivity contribution is -0.126. The van der Waals surface area contributed by atoms with Gasteiger partial charge in [-0.15, -0.1) is 11.3 Å². The van der Waals surface area contributed by atoms with Gasteiger partial charge < -0.3 is 15.0 Å². The molecule has 1 aromatic heterocycles. The number of piperidine rings is 1. The smallest absolute Gasteiger partial charge is 0.263 e. The van der Waals surface area contributed by atoms with Crippen LogP contribution in [0.15, 0.2) is 17.5 Å². The van der Waals surface area contributed by atoms with Crippen LogP contribution >= 0.6 is 11.3 Å². The zero-order valence-electron chi connectivity index (χ0n) is 11.6. The van der Waals surface area contributed by atoms with Crippen molar-refractivity contribution >= 4 is 23.2 Å². The molecular formula is C14H20N2O3S. The number of methoxy groups -OCH3 is 1. The fraction of sp³-hybridized carbons (Fsp3) is 0.571.